The molecule has 1 saturated carbocycles. The van der Waals surface area contributed by atoms with Gasteiger partial charge in [-0.2, -0.15) is 18.2 Å². The topological polar surface area (TPSA) is 76.2 Å². The third-order valence-corrected chi connectivity index (χ3v) is 3.62. The maximum absolute atomic E-state index is 12.4. The van der Waals surface area contributed by atoms with Gasteiger partial charge in [0.2, 0.25) is 0 Å². The fraction of sp³-hybridized carbons (Fsp3) is 0.750. The summed E-state index contributed by atoms with van der Waals surface area (Å²) in [5, 5.41) is 12.4. The average Bonchev–Trinajstić information content (AvgIpc) is 2.77. The van der Waals surface area contributed by atoms with E-state index in [0.29, 0.717) is 25.7 Å². The van der Waals surface area contributed by atoms with Crippen LogP contribution in [0.25, 0.3) is 0 Å². The number of carboxylic acids is 1. The summed E-state index contributed by atoms with van der Waals surface area (Å²) in [5.41, 5.74) is 0. The molecule has 0 aromatic carbocycles. The van der Waals surface area contributed by atoms with E-state index >= 15 is 0 Å². The van der Waals surface area contributed by atoms with E-state index < -0.39 is 24.0 Å². The van der Waals surface area contributed by atoms with E-state index in [9.17, 15) is 18.0 Å². The van der Waals surface area contributed by atoms with Crippen molar-refractivity contribution in [2.45, 2.75) is 50.6 Å². The highest BCUT2D eigenvalue weighted by Crippen LogP contribution is 2.34. The van der Waals surface area contributed by atoms with E-state index in [1.165, 1.54) is 0 Å². The second kappa shape index (κ2) is 5.80. The second-order valence-corrected chi connectivity index (χ2v) is 5.05. The highest BCUT2D eigenvalue weighted by molar-refractivity contribution is 5.69. The molecular formula is C12H15F3N2O3. The van der Waals surface area contributed by atoms with Gasteiger partial charge in [-0.1, -0.05) is 18.0 Å². The fourth-order valence-electron chi connectivity index (χ4n) is 2.49. The maximum Gasteiger partial charge on any atom is 0.471 e. The standard InChI is InChI=1S/C12H15F3N2O3/c13-12(14,15)11-16-9(17-20-11)7-3-1-2-4-8(6-5-7)10(18)19/h7-8H,1-6H2,(H,18,19). The summed E-state index contributed by atoms with van der Waals surface area (Å²) in [6.07, 6.45) is -0.979. The van der Waals surface area contributed by atoms with Crippen molar-refractivity contribution < 1.29 is 27.6 Å². The van der Waals surface area contributed by atoms with Crippen LogP contribution in [0.5, 0.6) is 0 Å². The number of halogens is 3. The van der Waals surface area contributed by atoms with Gasteiger partial charge >= 0.3 is 18.0 Å². The van der Waals surface area contributed by atoms with E-state index in [1.54, 1.807) is 0 Å². The van der Waals surface area contributed by atoms with Gasteiger partial charge in [0.25, 0.3) is 0 Å². The zero-order valence-electron chi connectivity index (χ0n) is 10.7. The van der Waals surface area contributed by atoms with E-state index in [1.807, 2.05) is 0 Å². The van der Waals surface area contributed by atoms with Crippen molar-refractivity contribution in [3.05, 3.63) is 11.7 Å². The van der Waals surface area contributed by atoms with E-state index in [-0.39, 0.29) is 11.7 Å². The maximum atomic E-state index is 12.4. The molecule has 1 aromatic heterocycles. The molecule has 1 N–H and O–H groups in total. The molecule has 0 aliphatic heterocycles. The quantitative estimate of drug-likeness (QED) is 0.905. The zero-order chi connectivity index (χ0) is 14.8. The van der Waals surface area contributed by atoms with Crippen molar-refractivity contribution in [1.82, 2.24) is 10.1 Å². The Labute approximate surface area is 113 Å². The number of aliphatic carboxylic acids is 1. The number of aromatic nitrogens is 2. The third kappa shape index (κ3) is 3.49. The first kappa shape index (κ1) is 14.8. The Kier molecular flexibility index (Phi) is 4.29. The molecule has 0 radical (unpaired) electrons. The Hall–Kier alpha value is -1.60. The molecule has 20 heavy (non-hydrogen) atoms. The Morgan fingerprint density at radius 1 is 1.20 bits per heavy atom. The first-order valence-electron chi connectivity index (χ1n) is 6.51. The Morgan fingerprint density at radius 2 is 1.90 bits per heavy atom. The molecule has 2 atom stereocenters. The molecule has 1 fully saturated rings. The minimum Gasteiger partial charge on any atom is -0.481 e. The summed E-state index contributed by atoms with van der Waals surface area (Å²) in [5.74, 6) is -2.87. The van der Waals surface area contributed by atoms with Crippen LogP contribution in [0.2, 0.25) is 0 Å². The molecule has 1 aromatic rings. The van der Waals surface area contributed by atoms with E-state index in [2.05, 4.69) is 14.7 Å². The smallest absolute Gasteiger partial charge is 0.471 e. The monoisotopic (exact) mass is 292 g/mol. The minimum absolute atomic E-state index is 0.0309. The first-order chi connectivity index (χ1) is 9.38. The molecule has 0 saturated heterocycles. The number of hydrogen-bond donors (Lipinski definition) is 1. The summed E-state index contributed by atoms with van der Waals surface area (Å²) >= 11 is 0. The lowest BCUT2D eigenvalue weighted by molar-refractivity contribution is -0.159. The number of hydrogen-bond acceptors (Lipinski definition) is 4. The van der Waals surface area contributed by atoms with Gasteiger partial charge in [0.05, 0.1) is 5.92 Å². The van der Waals surface area contributed by atoms with Crippen molar-refractivity contribution in [3.8, 4) is 0 Å². The lowest BCUT2D eigenvalue weighted by Crippen LogP contribution is -2.17. The fourth-order valence-corrected chi connectivity index (χ4v) is 2.49. The normalized spacial score (nSPS) is 24.9. The van der Waals surface area contributed by atoms with Crippen molar-refractivity contribution in [1.29, 1.82) is 0 Å². The first-order valence-corrected chi connectivity index (χ1v) is 6.51. The summed E-state index contributed by atoms with van der Waals surface area (Å²) in [6, 6.07) is 0. The molecule has 1 aliphatic rings. The van der Waals surface area contributed by atoms with Crippen LogP contribution in [-0.2, 0) is 11.0 Å². The summed E-state index contributed by atoms with van der Waals surface area (Å²) in [7, 11) is 0. The SMILES string of the molecule is O=C(O)C1CCCCC(c2noc(C(F)(F)F)n2)CC1. The highest BCUT2D eigenvalue weighted by Gasteiger charge is 2.39. The Balaban J connectivity index is 2.07. The molecule has 0 amide bonds. The van der Waals surface area contributed by atoms with Gasteiger partial charge in [0, 0.05) is 5.92 Å². The summed E-state index contributed by atoms with van der Waals surface area (Å²) in [4.78, 5) is 14.4. The molecule has 112 valence electrons. The molecule has 0 spiro atoms. The number of rotatable bonds is 2. The van der Waals surface area contributed by atoms with Gasteiger partial charge in [-0.25, -0.2) is 0 Å². The van der Waals surface area contributed by atoms with Crippen molar-refractivity contribution >= 4 is 5.97 Å². The van der Waals surface area contributed by atoms with Gasteiger partial charge in [-0.15, -0.1) is 0 Å². The van der Waals surface area contributed by atoms with Crippen molar-refractivity contribution in [3.63, 3.8) is 0 Å². The van der Waals surface area contributed by atoms with Crippen LogP contribution in [0.15, 0.2) is 4.52 Å². The highest BCUT2D eigenvalue weighted by atomic mass is 19.4. The Morgan fingerprint density at radius 3 is 2.50 bits per heavy atom. The largest absolute Gasteiger partial charge is 0.481 e. The molecule has 2 unspecified atom stereocenters. The van der Waals surface area contributed by atoms with Crippen molar-refractivity contribution in [2.24, 2.45) is 5.92 Å². The lowest BCUT2D eigenvalue weighted by atomic mass is 9.85. The van der Waals surface area contributed by atoms with E-state index in [0.717, 1.165) is 12.8 Å². The van der Waals surface area contributed by atoms with Crippen LogP contribution >= 0.6 is 0 Å². The van der Waals surface area contributed by atoms with E-state index in [4.69, 9.17) is 5.11 Å². The molecule has 1 heterocycles. The molecule has 5 nitrogen and oxygen atoms in total. The second-order valence-electron chi connectivity index (χ2n) is 5.05. The number of nitrogens with zero attached hydrogens (tertiary/aromatic N) is 2. The van der Waals surface area contributed by atoms with Crippen LogP contribution in [0.3, 0.4) is 0 Å². The average molecular weight is 292 g/mol. The summed E-state index contributed by atoms with van der Waals surface area (Å²) in [6.45, 7) is 0. The van der Waals surface area contributed by atoms with Gasteiger partial charge < -0.3 is 9.63 Å². The van der Waals surface area contributed by atoms with Gasteiger partial charge in [0.1, 0.15) is 0 Å². The predicted molar refractivity (Wildman–Crippen MR) is 60.9 cm³/mol. The Bertz CT molecular complexity index is 473. The lowest BCUT2D eigenvalue weighted by Gasteiger charge is -2.20. The van der Waals surface area contributed by atoms with Gasteiger partial charge in [-0.3, -0.25) is 4.79 Å². The predicted octanol–water partition coefficient (Wildman–Crippen LogP) is 3.23. The molecule has 1 aliphatic carbocycles. The number of alkyl halides is 3. The number of carboxylic acid groups (broad SMARTS) is 1. The van der Waals surface area contributed by atoms with Crippen LogP contribution in [0, 0.1) is 5.92 Å². The van der Waals surface area contributed by atoms with Crippen LogP contribution in [0.1, 0.15) is 56.2 Å². The molecule has 0 bridgehead atoms. The minimum atomic E-state index is -4.64. The third-order valence-electron chi connectivity index (χ3n) is 3.62. The van der Waals surface area contributed by atoms with Gasteiger partial charge in [0.15, 0.2) is 5.82 Å². The van der Waals surface area contributed by atoms with Crippen LogP contribution < -0.4 is 0 Å². The van der Waals surface area contributed by atoms with Gasteiger partial charge in [-0.05, 0) is 25.7 Å². The molecule has 2 rings (SSSR count). The van der Waals surface area contributed by atoms with Crippen LogP contribution in [-0.4, -0.2) is 21.2 Å². The zero-order valence-corrected chi connectivity index (χ0v) is 10.7. The van der Waals surface area contributed by atoms with Crippen molar-refractivity contribution in [2.75, 3.05) is 0 Å². The van der Waals surface area contributed by atoms with Crippen LogP contribution in [0.4, 0.5) is 13.2 Å². The molecular weight excluding hydrogens is 277 g/mol. The summed E-state index contributed by atoms with van der Waals surface area (Å²) < 4.78 is 41.4. The number of carbonyl (C=O) groups is 1. The molecule has 8 heteroatoms.